The number of nitrogens with one attached hydrogen (secondary N) is 2. The maximum Gasteiger partial charge on any atom is 0.331 e. The fourth-order valence-corrected chi connectivity index (χ4v) is 5.27. The van der Waals surface area contributed by atoms with Crippen LogP contribution in [0.2, 0.25) is 5.02 Å². The van der Waals surface area contributed by atoms with Gasteiger partial charge in [0.1, 0.15) is 5.82 Å². The zero-order valence-electron chi connectivity index (χ0n) is 21.2. The van der Waals surface area contributed by atoms with Gasteiger partial charge in [-0.1, -0.05) is 50.1 Å². The number of hydrogen-bond donors (Lipinski definition) is 3. The highest BCUT2D eigenvalue weighted by Gasteiger charge is 2.37. The van der Waals surface area contributed by atoms with Crippen molar-refractivity contribution < 1.29 is 5.11 Å². The van der Waals surface area contributed by atoms with Gasteiger partial charge < -0.3 is 10.4 Å². The minimum atomic E-state index is -0.937. The van der Waals surface area contributed by atoms with Crippen molar-refractivity contribution >= 4 is 23.1 Å². The average molecular weight is 511 g/mol. The first-order valence-electron chi connectivity index (χ1n) is 12.7. The fraction of sp³-hybridized carbons (Fsp3) is 0.429. The molecule has 36 heavy (non-hydrogen) atoms. The number of piperidine rings is 1. The molecule has 7 nitrogen and oxygen atoms in total. The normalized spacial score (nSPS) is 16.6. The van der Waals surface area contributed by atoms with Crippen molar-refractivity contribution in [1.29, 1.82) is 0 Å². The van der Waals surface area contributed by atoms with E-state index in [1.54, 1.807) is 16.7 Å². The van der Waals surface area contributed by atoms with Crippen molar-refractivity contribution in [1.82, 2.24) is 14.5 Å². The van der Waals surface area contributed by atoms with Gasteiger partial charge >= 0.3 is 5.69 Å². The number of halogens is 1. The van der Waals surface area contributed by atoms with Crippen LogP contribution < -0.4 is 16.6 Å². The molecule has 4 rings (SSSR count). The van der Waals surface area contributed by atoms with Crippen LogP contribution in [-0.4, -0.2) is 32.6 Å². The van der Waals surface area contributed by atoms with Crippen LogP contribution in [0, 0.1) is 6.92 Å². The smallest absolute Gasteiger partial charge is 0.331 e. The number of nitrogens with zero attached hydrogens (tertiary/aromatic N) is 2. The molecule has 1 unspecified atom stereocenters. The summed E-state index contributed by atoms with van der Waals surface area (Å²) in [4.78, 5) is 30.1. The molecule has 0 bridgehead atoms. The molecule has 0 saturated carbocycles. The summed E-state index contributed by atoms with van der Waals surface area (Å²) in [6.45, 7) is 7.48. The number of rotatable bonds is 8. The van der Waals surface area contributed by atoms with Crippen molar-refractivity contribution in [2.24, 2.45) is 0 Å². The molecule has 1 fully saturated rings. The molecule has 0 aliphatic carbocycles. The molecule has 1 saturated heterocycles. The van der Waals surface area contributed by atoms with E-state index in [-0.39, 0.29) is 6.17 Å². The molecule has 0 spiro atoms. The minimum absolute atomic E-state index is 0.257. The molecule has 1 aliphatic heterocycles. The van der Waals surface area contributed by atoms with Gasteiger partial charge in [-0.15, -0.1) is 0 Å². The summed E-state index contributed by atoms with van der Waals surface area (Å²) in [7, 11) is 0. The number of anilines is 2. The summed E-state index contributed by atoms with van der Waals surface area (Å²) in [6, 6.07) is 14.9. The van der Waals surface area contributed by atoms with Crippen molar-refractivity contribution in [3.8, 4) is 0 Å². The third-order valence-corrected chi connectivity index (χ3v) is 7.50. The van der Waals surface area contributed by atoms with Gasteiger partial charge in [0, 0.05) is 29.9 Å². The molecule has 1 aromatic heterocycles. The summed E-state index contributed by atoms with van der Waals surface area (Å²) in [5.74, 6) is 0.464. The average Bonchev–Trinajstić information content (AvgIpc) is 2.85. The van der Waals surface area contributed by atoms with E-state index in [0.29, 0.717) is 36.8 Å². The van der Waals surface area contributed by atoms with Gasteiger partial charge in [-0.25, -0.2) is 4.79 Å². The van der Waals surface area contributed by atoms with Gasteiger partial charge in [0.2, 0.25) is 0 Å². The largest absolute Gasteiger partial charge is 0.385 e. The van der Waals surface area contributed by atoms with Gasteiger partial charge in [-0.2, -0.15) is 0 Å². The van der Waals surface area contributed by atoms with E-state index in [1.807, 2.05) is 24.3 Å². The van der Waals surface area contributed by atoms with E-state index >= 15 is 0 Å². The van der Waals surface area contributed by atoms with Crippen molar-refractivity contribution in [2.45, 2.75) is 64.6 Å². The predicted octanol–water partition coefficient (Wildman–Crippen LogP) is 5.09. The first-order valence-corrected chi connectivity index (χ1v) is 13.1. The first kappa shape index (κ1) is 26.2. The standard InChI is InChI=1S/C28H35ClN4O3/c1-4-6-26(32-15-13-28(36,14-16-32)21-8-10-22(29)11-9-21)33-24(18-25(34)31-27(33)35)30-23-12-7-19(3)20(5-2)17-23/h7-12,17-18,26,30,36H,4-6,13-16H2,1-3H3,(H,31,34,35). The summed E-state index contributed by atoms with van der Waals surface area (Å²) in [6.07, 6.45) is 3.30. The second kappa shape index (κ2) is 11.0. The quantitative estimate of drug-likeness (QED) is 0.393. The number of aliphatic hydroxyl groups is 1. The monoisotopic (exact) mass is 510 g/mol. The van der Waals surface area contributed by atoms with Crippen LogP contribution in [0.5, 0.6) is 0 Å². The summed E-state index contributed by atoms with van der Waals surface area (Å²) >= 11 is 6.03. The van der Waals surface area contributed by atoms with Gasteiger partial charge in [0.15, 0.2) is 0 Å². The number of hydrogen-bond acceptors (Lipinski definition) is 5. The van der Waals surface area contributed by atoms with Crippen molar-refractivity contribution in [2.75, 3.05) is 18.4 Å². The van der Waals surface area contributed by atoms with Gasteiger partial charge in [-0.05, 0) is 73.6 Å². The Balaban J connectivity index is 1.64. The second-order valence-corrected chi connectivity index (χ2v) is 10.1. The van der Waals surface area contributed by atoms with Crippen LogP contribution in [0.4, 0.5) is 11.5 Å². The zero-order chi connectivity index (χ0) is 25.9. The molecule has 192 valence electrons. The fourth-order valence-electron chi connectivity index (χ4n) is 5.15. The summed E-state index contributed by atoms with van der Waals surface area (Å²) in [5, 5.41) is 15.3. The topological polar surface area (TPSA) is 90.4 Å². The second-order valence-electron chi connectivity index (χ2n) is 9.66. The molecule has 2 aromatic carbocycles. The van der Waals surface area contributed by atoms with Gasteiger partial charge in [-0.3, -0.25) is 19.2 Å². The molecule has 3 aromatic rings. The maximum atomic E-state index is 13.1. The van der Waals surface area contributed by atoms with E-state index in [4.69, 9.17) is 11.6 Å². The van der Waals surface area contributed by atoms with Gasteiger partial charge in [0.25, 0.3) is 5.56 Å². The molecule has 1 aliphatic rings. The Labute approximate surface area is 216 Å². The third kappa shape index (κ3) is 5.59. The molecule has 8 heteroatoms. The summed E-state index contributed by atoms with van der Waals surface area (Å²) < 4.78 is 1.66. The Kier molecular flexibility index (Phi) is 8.03. The lowest BCUT2D eigenvalue weighted by molar-refractivity contribution is -0.0464. The van der Waals surface area contributed by atoms with Crippen LogP contribution in [-0.2, 0) is 12.0 Å². The van der Waals surface area contributed by atoms with Crippen LogP contribution in [0.1, 0.15) is 62.4 Å². The highest BCUT2D eigenvalue weighted by Crippen LogP contribution is 2.36. The number of aromatic amines is 1. The number of aryl methyl sites for hydroxylation is 2. The van der Waals surface area contributed by atoms with E-state index in [2.05, 4.69) is 42.0 Å². The van der Waals surface area contributed by atoms with E-state index in [9.17, 15) is 14.7 Å². The van der Waals surface area contributed by atoms with Crippen LogP contribution >= 0.6 is 11.6 Å². The molecule has 3 N–H and O–H groups in total. The highest BCUT2D eigenvalue weighted by atomic mass is 35.5. The molecule has 0 radical (unpaired) electrons. The minimum Gasteiger partial charge on any atom is -0.385 e. The molecule has 0 amide bonds. The van der Waals surface area contributed by atoms with Crippen molar-refractivity contribution in [3.05, 3.63) is 91.1 Å². The van der Waals surface area contributed by atoms with Crippen LogP contribution in [0.15, 0.2) is 58.1 Å². The number of benzene rings is 2. The Bertz CT molecular complexity index is 1310. The Morgan fingerprint density at radius 2 is 1.78 bits per heavy atom. The molecular weight excluding hydrogens is 476 g/mol. The SMILES string of the molecule is CCCC(N1CCC(O)(c2ccc(Cl)cc2)CC1)n1c(Nc2ccc(C)c(CC)c2)cc(=O)[nH]c1=O. The number of aromatic nitrogens is 2. The Morgan fingerprint density at radius 1 is 1.08 bits per heavy atom. The summed E-state index contributed by atoms with van der Waals surface area (Å²) in [5.41, 5.74) is 2.29. The van der Waals surface area contributed by atoms with E-state index < -0.39 is 16.9 Å². The molecule has 2 heterocycles. The highest BCUT2D eigenvalue weighted by molar-refractivity contribution is 6.30. The molecule has 1 atom stereocenters. The third-order valence-electron chi connectivity index (χ3n) is 7.25. The Hall–Kier alpha value is -2.87. The zero-order valence-corrected chi connectivity index (χ0v) is 21.9. The van der Waals surface area contributed by atoms with Crippen molar-refractivity contribution in [3.63, 3.8) is 0 Å². The Morgan fingerprint density at radius 3 is 2.42 bits per heavy atom. The van der Waals surface area contributed by atoms with Crippen LogP contribution in [0.3, 0.4) is 0 Å². The first-order chi connectivity index (χ1) is 17.2. The lowest BCUT2D eigenvalue weighted by atomic mass is 9.84. The lowest BCUT2D eigenvalue weighted by Crippen LogP contribution is -2.48. The maximum absolute atomic E-state index is 13.1. The predicted molar refractivity (Wildman–Crippen MR) is 145 cm³/mol. The number of H-pyrrole nitrogens is 1. The number of likely N-dealkylation sites (tertiary alicyclic amines) is 1. The lowest BCUT2D eigenvalue weighted by Gasteiger charge is -2.42. The molecular formula is C28H35ClN4O3. The van der Waals surface area contributed by atoms with E-state index in [1.165, 1.54) is 17.2 Å². The van der Waals surface area contributed by atoms with Crippen LogP contribution in [0.25, 0.3) is 0 Å². The van der Waals surface area contributed by atoms with Gasteiger partial charge in [0.05, 0.1) is 11.8 Å². The van der Waals surface area contributed by atoms with E-state index in [0.717, 1.165) is 30.5 Å².